The first kappa shape index (κ1) is 16.5. The van der Waals surface area contributed by atoms with Crippen molar-refractivity contribution in [1.29, 1.82) is 0 Å². The number of rotatable bonds is 5. The van der Waals surface area contributed by atoms with Crippen LogP contribution in [0.5, 0.6) is 0 Å². The predicted octanol–water partition coefficient (Wildman–Crippen LogP) is 4.35. The Labute approximate surface area is 143 Å². The Balaban J connectivity index is 1.54. The summed E-state index contributed by atoms with van der Waals surface area (Å²) in [7, 11) is 0. The number of likely N-dealkylation sites (tertiary alicyclic amines) is 1. The van der Waals surface area contributed by atoms with Crippen LogP contribution >= 0.6 is 0 Å². The highest BCUT2D eigenvalue weighted by molar-refractivity contribution is 5.68. The van der Waals surface area contributed by atoms with E-state index >= 15 is 0 Å². The van der Waals surface area contributed by atoms with Crippen LogP contribution in [-0.4, -0.2) is 23.8 Å². The molecule has 4 heteroatoms. The first-order valence-corrected chi connectivity index (χ1v) is 8.46. The summed E-state index contributed by atoms with van der Waals surface area (Å²) < 4.78 is 11.4. The Morgan fingerprint density at radius 1 is 0.917 bits per heavy atom. The molecule has 0 N–H and O–H groups in total. The Morgan fingerprint density at radius 3 is 2.21 bits per heavy atom. The van der Waals surface area contributed by atoms with Crippen molar-refractivity contribution >= 4 is 6.09 Å². The van der Waals surface area contributed by atoms with E-state index in [1.165, 1.54) is 0 Å². The molecule has 0 spiro atoms. The fourth-order valence-electron chi connectivity index (χ4n) is 2.85. The van der Waals surface area contributed by atoms with Gasteiger partial charge in [-0.15, -0.1) is 0 Å². The average Bonchev–Trinajstić information content (AvgIpc) is 2.66. The van der Waals surface area contributed by atoms with Crippen molar-refractivity contribution in [3.05, 3.63) is 71.8 Å². The summed E-state index contributed by atoms with van der Waals surface area (Å²) in [4.78, 5) is 14.1. The first-order valence-electron chi connectivity index (χ1n) is 8.46. The van der Waals surface area contributed by atoms with Crippen molar-refractivity contribution in [2.75, 3.05) is 6.54 Å². The molecule has 1 amide bonds. The van der Waals surface area contributed by atoms with E-state index in [4.69, 9.17) is 9.47 Å². The molecule has 0 bridgehead atoms. The highest BCUT2D eigenvalue weighted by Gasteiger charge is 2.28. The number of amides is 1. The Kier molecular flexibility index (Phi) is 5.85. The minimum atomic E-state index is -0.295. The largest absolute Gasteiger partial charge is 0.444 e. The van der Waals surface area contributed by atoms with Gasteiger partial charge in [0.2, 0.25) is 0 Å². The van der Waals surface area contributed by atoms with Gasteiger partial charge in [0.15, 0.2) is 0 Å². The third kappa shape index (κ3) is 4.59. The van der Waals surface area contributed by atoms with Gasteiger partial charge in [-0.2, -0.15) is 0 Å². The number of benzene rings is 2. The second kappa shape index (κ2) is 8.50. The van der Waals surface area contributed by atoms with Crippen LogP contribution in [0.15, 0.2) is 60.7 Å². The molecule has 1 saturated heterocycles. The van der Waals surface area contributed by atoms with Gasteiger partial charge in [-0.25, -0.2) is 4.79 Å². The molecule has 1 aliphatic heterocycles. The standard InChI is InChI=1S/C20H23NO3/c22-20(24-16-18-11-5-2-6-12-18)21-14-8-7-13-19(21)23-15-17-9-3-1-4-10-17/h1-6,9-12,19H,7-8,13-16H2. The third-order valence-corrected chi connectivity index (χ3v) is 4.17. The maximum absolute atomic E-state index is 12.4. The number of carbonyl (C=O) groups is 1. The lowest BCUT2D eigenvalue weighted by Gasteiger charge is -2.34. The molecular weight excluding hydrogens is 302 g/mol. The summed E-state index contributed by atoms with van der Waals surface area (Å²) in [6.45, 7) is 1.49. The van der Waals surface area contributed by atoms with Crippen molar-refractivity contribution < 1.29 is 14.3 Å². The van der Waals surface area contributed by atoms with E-state index in [0.29, 0.717) is 19.8 Å². The molecule has 1 atom stereocenters. The summed E-state index contributed by atoms with van der Waals surface area (Å²) in [6.07, 6.45) is 2.42. The van der Waals surface area contributed by atoms with Crippen LogP contribution in [0.2, 0.25) is 0 Å². The molecule has 2 aromatic rings. The number of piperidine rings is 1. The lowest BCUT2D eigenvalue weighted by atomic mass is 10.1. The van der Waals surface area contributed by atoms with Crippen LogP contribution in [0, 0.1) is 0 Å². The molecule has 24 heavy (non-hydrogen) atoms. The van der Waals surface area contributed by atoms with E-state index in [1.54, 1.807) is 4.90 Å². The molecular formula is C20H23NO3. The second-order valence-corrected chi connectivity index (χ2v) is 5.98. The van der Waals surface area contributed by atoms with Gasteiger partial charge < -0.3 is 9.47 Å². The van der Waals surface area contributed by atoms with Crippen molar-refractivity contribution in [2.45, 2.75) is 38.7 Å². The molecule has 126 valence electrons. The van der Waals surface area contributed by atoms with Crippen LogP contribution < -0.4 is 0 Å². The van der Waals surface area contributed by atoms with Crippen LogP contribution in [-0.2, 0) is 22.7 Å². The van der Waals surface area contributed by atoms with Crippen LogP contribution in [0.3, 0.4) is 0 Å². The summed E-state index contributed by atoms with van der Waals surface area (Å²) in [5.41, 5.74) is 2.10. The molecule has 2 aromatic carbocycles. The summed E-state index contributed by atoms with van der Waals surface area (Å²) in [5.74, 6) is 0. The molecule has 0 radical (unpaired) electrons. The maximum Gasteiger partial charge on any atom is 0.412 e. The maximum atomic E-state index is 12.4. The molecule has 3 rings (SSSR count). The Bertz CT molecular complexity index is 630. The lowest BCUT2D eigenvalue weighted by molar-refractivity contribution is -0.0803. The van der Waals surface area contributed by atoms with Gasteiger partial charge in [-0.3, -0.25) is 4.90 Å². The van der Waals surface area contributed by atoms with Gasteiger partial charge in [0, 0.05) is 6.54 Å². The highest BCUT2D eigenvalue weighted by Crippen LogP contribution is 2.20. The zero-order valence-corrected chi connectivity index (χ0v) is 13.8. The number of hydrogen-bond acceptors (Lipinski definition) is 3. The normalized spacial score (nSPS) is 17.5. The fourth-order valence-corrected chi connectivity index (χ4v) is 2.85. The first-order chi connectivity index (χ1) is 11.8. The van der Waals surface area contributed by atoms with Crippen LogP contribution in [0.25, 0.3) is 0 Å². The lowest BCUT2D eigenvalue weighted by Crippen LogP contribution is -2.45. The summed E-state index contributed by atoms with van der Waals surface area (Å²) in [5, 5.41) is 0. The summed E-state index contributed by atoms with van der Waals surface area (Å²) >= 11 is 0. The van der Waals surface area contributed by atoms with E-state index in [1.807, 2.05) is 60.7 Å². The van der Waals surface area contributed by atoms with Crippen LogP contribution in [0.1, 0.15) is 30.4 Å². The number of carbonyl (C=O) groups excluding carboxylic acids is 1. The Morgan fingerprint density at radius 2 is 1.54 bits per heavy atom. The van der Waals surface area contributed by atoms with Crippen LogP contribution in [0.4, 0.5) is 4.79 Å². The average molecular weight is 325 g/mol. The molecule has 1 heterocycles. The van der Waals surface area contributed by atoms with Gasteiger partial charge >= 0.3 is 6.09 Å². The number of ether oxygens (including phenoxy) is 2. The van der Waals surface area contributed by atoms with E-state index < -0.39 is 0 Å². The van der Waals surface area contributed by atoms with Crippen molar-refractivity contribution in [3.63, 3.8) is 0 Å². The predicted molar refractivity (Wildman–Crippen MR) is 92.2 cm³/mol. The molecule has 1 aliphatic rings. The highest BCUT2D eigenvalue weighted by atomic mass is 16.6. The molecule has 1 unspecified atom stereocenters. The van der Waals surface area contributed by atoms with E-state index in [-0.39, 0.29) is 12.3 Å². The molecule has 0 aliphatic carbocycles. The Hall–Kier alpha value is -2.33. The van der Waals surface area contributed by atoms with E-state index in [9.17, 15) is 4.79 Å². The molecule has 1 fully saturated rings. The molecule has 0 saturated carbocycles. The smallest absolute Gasteiger partial charge is 0.412 e. The van der Waals surface area contributed by atoms with Gasteiger partial charge in [-0.1, -0.05) is 60.7 Å². The van der Waals surface area contributed by atoms with Crippen molar-refractivity contribution in [3.8, 4) is 0 Å². The van der Waals surface area contributed by atoms with Gasteiger partial charge in [-0.05, 0) is 30.4 Å². The summed E-state index contributed by atoms with van der Waals surface area (Å²) in [6, 6.07) is 19.8. The fraction of sp³-hybridized carbons (Fsp3) is 0.350. The van der Waals surface area contributed by atoms with Gasteiger partial charge in [0.25, 0.3) is 0 Å². The van der Waals surface area contributed by atoms with Crippen molar-refractivity contribution in [2.24, 2.45) is 0 Å². The zero-order valence-electron chi connectivity index (χ0n) is 13.8. The SMILES string of the molecule is O=C(OCc1ccccc1)N1CCCCC1OCc1ccccc1. The molecule has 4 nitrogen and oxygen atoms in total. The molecule has 0 aromatic heterocycles. The minimum Gasteiger partial charge on any atom is -0.444 e. The second-order valence-electron chi connectivity index (χ2n) is 5.98. The van der Waals surface area contributed by atoms with E-state index in [2.05, 4.69) is 0 Å². The topological polar surface area (TPSA) is 38.8 Å². The van der Waals surface area contributed by atoms with Gasteiger partial charge in [0.1, 0.15) is 12.8 Å². The third-order valence-electron chi connectivity index (χ3n) is 4.17. The quantitative estimate of drug-likeness (QED) is 0.820. The van der Waals surface area contributed by atoms with Crippen molar-refractivity contribution in [1.82, 2.24) is 4.90 Å². The number of nitrogens with zero attached hydrogens (tertiary/aromatic N) is 1. The minimum absolute atomic E-state index is 0.206. The monoisotopic (exact) mass is 325 g/mol. The zero-order chi connectivity index (χ0) is 16.6. The van der Waals surface area contributed by atoms with E-state index in [0.717, 1.165) is 30.4 Å². The van der Waals surface area contributed by atoms with Gasteiger partial charge in [0.05, 0.1) is 6.61 Å². The number of hydrogen-bond donors (Lipinski definition) is 0.